The normalized spacial score (nSPS) is 23.8. The Morgan fingerprint density at radius 3 is 2.38 bits per heavy atom. The van der Waals surface area contributed by atoms with Gasteiger partial charge < -0.3 is 19.7 Å². The molecule has 0 spiro atoms. The molecule has 0 bridgehead atoms. The van der Waals surface area contributed by atoms with Crippen LogP contribution in [-0.4, -0.2) is 30.5 Å². The van der Waals surface area contributed by atoms with E-state index in [1.54, 1.807) is 26.4 Å². The predicted octanol–water partition coefficient (Wildman–Crippen LogP) is 1.04. The monoisotopic (exact) mass is 224 g/mol. The first-order chi connectivity index (χ1) is 7.67. The molecule has 2 N–H and O–H groups in total. The molecule has 4 heteroatoms. The van der Waals surface area contributed by atoms with Crippen LogP contribution in [-0.2, 0) is 6.42 Å². The molecule has 1 aromatic rings. The van der Waals surface area contributed by atoms with E-state index < -0.39 is 12.2 Å². The molecule has 2 rings (SSSR count). The van der Waals surface area contributed by atoms with E-state index in [1.807, 2.05) is 0 Å². The van der Waals surface area contributed by atoms with Gasteiger partial charge >= 0.3 is 0 Å². The Bertz CT molecular complexity index is 389. The van der Waals surface area contributed by atoms with Gasteiger partial charge in [0, 0.05) is 24.0 Å². The van der Waals surface area contributed by atoms with Crippen molar-refractivity contribution in [3.05, 3.63) is 23.3 Å². The van der Waals surface area contributed by atoms with Crippen molar-refractivity contribution in [1.82, 2.24) is 0 Å². The van der Waals surface area contributed by atoms with Gasteiger partial charge in [0.1, 0.15) is 11.5 Å². The van der Waals surface area contributed by atoms with Crippen LogP contribution in [0.1, 0.15) is 23.7 Å². The fourth-order valence-corrected chi connectivity index (χ4v) is 2.26. The first-order valence-corrected chi connectivity index (χ1v) is 5.27. The fourth-order valence-electron chi connectivity index (χ4n) is 2.26. The van der Waals surface area contributed by atoms with Gasteiger partial charge in [0.15, 0.2) is 0 Å². The lowest BCUT2D eigenvalue weighted by Gasteiger charge is -2.28. The minimum absolute atomic E-state index is 0.344. The molecule has 16 heavy (non-hydrogen) atoms. The van der Waals surface area contributed by atoms with Gasteiger partial charge in [-0.2, -0.15) is 0 Å². The van der Waals surface area contributed by atoms with Crippen molar-refractivity contribution in [2.45, 2.75) is 25.0 Å². The molecule has 0 aromatic heterocycles. The second-order valence-corrected chi connectivity index (χ2v) is 3.97. The molecule has 0 heterocycles. The number of rotatable bonds is 2. The zero-order valence-electron chi connectivity index (χ0n) is 9.43. The Kier molecular flexibility index (Phi) is 3.03. The van der Waals surface area contributed by atoms with Crippen molar-refractivity contribution in [2.75, 3.05) is 14.2 Å². The van der Waals surface area contributed by atoms with Crippen molar-refractivity contribution in [1.29, 1.82) is 0 Å². The van der Waals surface area contributed by atoms with Crippen LogP contribution in [0.15, 0.2) is 12.1 Å². The van der Waals surface area contributed by atoms with Crippen LogP contribution in [0, 0.1) is 0 Å². The lowest BCUT2D eigenvalue weighted by molar-refractivity contribution is 0.0656. The maximum absolute atomic E-state index is 9.97. The molecule has 1 aliphatic rings. The van der Waals surface area contributed by atoms with Crippen LogP contribution in [0.25, 0.3) is 0 Å². The first-order valence-electron chi connectivity index (χ1n) is 5.27. The van der Waals surface area contributed by atoms with Crippen LogP contribution < -0.4 is 9.47 Å². The third-order valence-corrected chi connectivity index (χ3v) is 2.98. The summed E-state index contributed by atoms with van der Waals surface area (Å²) in [6.45, 7) is 0. The molecule has 2 unspecified atom stereocenters. The first kappa shape index (κ1) is 11.2. The molecule has 0 saturated carbocycles. The number of aliphatic hydroxyl groups is 2. The smallest absolute Gasteiger partial charge is 0.125 e. The highest BCUT2D eigenvalue weighted by atomic mass is 16.5. The second kappa shape index (κ2) is 4.31. The SMILES string of the molecule is COc1ccc(OC)c2c1CC(O)CC2O. The quantitative estimate of drug-likeness (QED) is 0.788. The molecule has 0 aliphatic heterocycles. The maximum atomic E-state index is 9.97. The number of methoxy groups -OCH3 is 2. The van der Waals surface area contributed by atoms with Gasteiger partial charge in [-0.05, 0) is 12.1 Å². The van der Waals surface area contributed by atoms with E-state index in [4.69, 9.17) is 9.47 Å². The lowest BCUT2D eigenvalue weighted by atomic mass is 9.86. The van der Waals surface area contributed by atoms with Crippen LogP contribution >= 0.6 is 0 Å². The molecule has 0 fully saturated rings. The summed E-state index contributed by atoms with van der Waals surface area (Å²) in [5, 5.41) is 19.6. The van der Waals surface area contributed by atoms with Gasteiger partial charge in [-0.3, -0.25) is 0 Å². The Labute approximate surface area is 94.4 Å². The van der Waals surface area contributed by atoms with Crippen molar-refractivity contribution >= 4 is 0 Å². The molecular formula is C12H16O4. The number of fused-ring (bicyclic) bond motifs is 1. The molecule has 0 radical (unpaired) electrons. The van der Waals surface area contributed by atoms with Gasteiger partial charge in [0.05, 0.1) is 26.4 Å². The highest BCUT2D eigenvalue weighted by molar-refractivity contribution is 5.51. The second-order valence-electron chi connectivity index (χ2n) is 3.97. The van der Waals surface area contributed by atoms with Crippen LogP contribution in [0.4, 0.5) is 0 Å². The van der Waals surface area contributed by atoms with Gasteiger partial charge in [-0.1, -0.05) is 0 Å². The Hall–Kier alpha value is -1.26. The predicted molar refractivity (Wildman–Crippen MR) is 58.8 cm³/mol. The van der Waals surface area contributed by atoms with Gasteiger partial charge in [0.25, 0.3) is 0 Å². The van der Waals surface area contributed by atoms with Crippen molar-refractivity contribution in [3.8, 4) is 11.5 Å². The van der Waals surface area contributed by atoms with Crippen molar-refractivity contribution in [3.63, 3.8) is 0 Å². The average Bonchev–Trinajstić information content (AvgIpc) is 2.27. The van der Waals surface area contributed by atoms with E-state index in [0.717, 1.165) is 11.1 Å². The van der Waals surface area contributed by atoms with E-state index >= 15 is 0 Å². The summed E-state index contributed by atoms with van der Waals surface area (Å²) in [6.07, 6.45) is -0.379. The van der Waals surface area contributed by atoms with Crippen LogP contribution in [0.5, 0.6) is 11.5 Å². The standard InChI is InChI=1S/C12H16O4/c1-15-10-3-4-11(16-2)12-8(10)5-7(13)6-9(12)14/h3-4,7,9,13-14H,5-6H2,1-2H3. The van der Waals surface area contributed by atoms with Crippen LogP contribution in [0.3, 0.4) is 0 Å². The number of benzene rings is 1. The molecule has 4 nitrogen and oxygen atoms in total. The molecule has 1 aliphatic carbocycles. The summed E-state index contributed by atoms with van der Waals surface area (Å²) in [7, 11) is 3.15. The Morgan fingerprint density at radius 1 is 1.12 bits per heavy atom. The van der Waals surface area contributed by atoms with E-state index in [2.05, 4.69) is 0 Å². The minimum atomic E-state index is -0.691. The molecule has 2 atom stereocenters. The molecule has 1 aromatic carbocycles. The summed E-state index contributed by atoms with van der Waals surface area (Å²) < 4.78 is 10.5. The number of hydrogen-bond donors (Lipinski definition) is 2. The highest BCUT2D eigenvalue weighted by Gasteiger charge is 2.29. The van der Waals surface area contributed by atoms with Crippen molar-refractivity contribution in [2.24, 2.45) is 0 Å². The Morgan fingerprint density at radius 2 is 1.75 bits per heavy atom. The van der Waals surface area contributed by atoms with Crippen LogP contribution in [0.2, 0.25) is 0 Å². The summed E-state index contributed by atoms with van der Waals surface area (Å²) in [6, 6.07) is 3.57. The molecule has 0 saturated heterocycles. The average molecular weight is 224 g/mol. The summed E-state index contributed by atoms with van der Waals surface area (Å²) in [5.74, 6) is 1.34. The van der Waals surface area contributed by atoms with Gasteiger partial charge in [-0.25, -0.2) is 0 Å². The minimum Gasteiger partial charge on any atom is -0.496 e. The third kappa shape index (κ3) is 1.74. The Balaban J connectivity index is 2.56. The van der Waals surface area contributed by atoms with E-state index in [-0.39, 0.29) is 0 Å². The number of ether oxygens (including phenoxy) is 2. The fraction of sp³-hybridized carbons (Fsp3) is 0.500. The van der Waals surface area contributed by atoms with Gasteiger partial charge in [0.2, 0.25) is 0 Å². The maximum Gasteiger partial charge on any atom is 0.125 e. The molecule has 88 valence electrons. The largest absolute Gasteiger partial charge is 0.496 e. The van der Waals surface area contributed by atoms with E-state index in [9.17, 15) is 10.2 Å². The number of hydrogen-bond acceptors (Lipinski definition) is 4. The molecule has 0 amide bonds. The summed E-state index contributed by atoms with van der Waals surface area (Å²) >= 11 is 0. The lowest BCUT2D eigenvalue weighted by Crippen LogP contribution is -2.23. The van der Waals surface area contributed by atoms with Gasteiger partial charge in [-0.15, -0.1) is 0 Å². The third-order valence-electron chi connectivity index (χ3n) is 2.98. The zero-order valence-corrected chi connectivity index (χ0v) is 9.43. The van der Waals surface area contributed by atoms with Crippen molar-refractivity contribution < 1.29 is 19.7 Å². The van der Waals surface area contributed by atoms with E-state index in [1.165, 1.54) is 0 Å². The van der Waals surface area contributed by atoms with E-state index in [0.29, 0.717) is 24.3 Å². The highest BCUT2D eigenvalue weighted by Crippen LogP contribution is 2.41. The topological polar surface area (TPSA) is 58.9 Å². The number of aliphatic hydroxyl groups excluding tert-OH is 2. The summed E-state index contributed by atoms with van der Waals surface area (Å²) in [5.41, 5.74) is 1.58. The molecular weight excluding hydrogens is 208 g/mol. The zero-order chi connectivity index (χ0) is 11.7. The summed E-state index contributed by atoms with van der Waals surface area (Å²) in [4.78, 5) is 0.